The number of fused-ring (bicyclic) bond motifs is 2. The van der Waals surface area contributed by atoms with Crippen LogP contribution in [0.1, 0.15) is 38.9 Å². The fraction of sp³-hybridized carbons (Fsp3) is 0.120. The molecule has 0 saturated carbocycles. The lowest BCUT2D eigenvalue weighted by atomic mass is 9.97. The van der Waals surface area contributed by atoms with Crippen molar-refractivity contribution in [2.45, 2.75) is 19.9 Å². The number of phenols is 1. The van der Waals surface area contributed by atoms with Gasteiger partial charge in [-0.3, -0.25) is 14.5 Å². The van der Waals surface area contributed by atoms with Crippen molar-refractivity contribution in [3.63, 3.8) is 0 Å². The van der Waals surface area contributed by atoms with Crippen LogP contribution in [0.5, 0.6) is 5.75 Å². The van der Waals surface area contributed by atoms with E-state index >= 15 is 0 Å². The summed E-state index contributed by atoms with van der Waals surface area (Å²) in [7, 11) is 0. The summed E-state index contributed by atoms with van der Waals surface area (Å²) in [5, 5.41) is 10.8. The Bertz CT molecular complexity index is 1440. The van der Waals surface area contributed by atoms with Gasteiger partial charge in [-0.15, -0.1) is 0 Å². The average molecular weight is 432 g/mol. The lowest BCUT2D eigenvalue weighted by Crippen LogP contribution is -2.29. The summed E-state index contributed by atoms with van der Waals surface area (Å²) in [6.07, 6.45) is 0. The number of phenolic OH excluding ortho intramolecular Hbond substituents is 1. The maximum Gasteiger partial charge on any atom is 0.295 e. The van der Waals surface area contributed by atoms with Gasteiger partial charge in [-0.05, 0) is 73.0 Å². The van der Waals surface area contributed by atoms with E-state index in [9.17, 15) is 14.7 Å². The van der Waals surface area contributed by atoms with Crippen molar-refractivity contribution in [1.29, 1.82) is 0 Å². The van der Waals surface area contributed by atoms with Crippen LogP contribution >= 0.6 is 11.6 Å². The van der Waals surface area contributed by atoms with Crippen molar-refractivity contribution in [2.75, 3.05) is 4.90 Å². The van der Waals surface area contributed by atoms with Crippen LogP contribution in [0.15, 0.2) is 69.9 Å². The Morgan fingerprint density at radius 3 is 2.52 bits per heavy atom. The molecule has 1 N–H and O–H groups in total. The van der Waals surface area contributed by atoms with Crippen molar-refractivity contribution in [2.24, 2.45) is 0 Å². The summed E-state index contributed by atoms with van der Waals surface area (Å²) in [4.78, 5) is 28.6. The number of hydrogen-bond donors (Lipinski definition) is 1. The van der Waals surface area contributed by atoms with Gasteiger partial charge < -0.3 is 9.52 Å². The first-order chi connectivity index (χ1) is 14.8. The number of anilines is 1. The molecule has 4 aromatic rings. The van der Waals surface area contributed by atoms with Crippen molar-refractivity contribution in [1.82, 2.24) is 0 Å². The van der Waals surface area contributed by atoms with E-state index in [1.807, 2.05) is 32.0 Å². The van der Waals surface area contributed by atoms with E-state index in [1.165, 1.54) is 0 Å². The predicted molar refractivity (Wildman–Crippen MR) is 120 cm³/mol. The second kappa shape index (κ2) is 7.00. The van der Waals surface area contributed by atoms with Crippen LogP contribution < -0.4 is 10.3 Å². The molecule has 0 fully saturated rings. The molecular weight excluding hydrogens is 414 g/mol. The molecule has 1 unspecified atom stereocenters. The minimum atomic E-state index is -0.740. The average Bonchev–Trinajstić information content (AvgIpc) is 3.03. The molecule has 31 heavy (non-hydrogen) atoms. The quantitative estimate of drug-likeness (QED) is 0.453. The molecule has 0 aliphatic carbocycles. The van der Waals surface area contributed by atoms with Gasteiger partial charge in [-0.2, -0.15) is 0 Å². The van der Waals surface area contributed by atoms with Crippen molar-refractivity contribution in [3.8, 4) is 5.75 Å². The minimum Gasteiger partial charge on any atom is -0.508 e. The third kappa shape index (κ3) is 3.01. The maximum absolute atomic E-state index is 13.5. The number of rotatable bonds is 2. The van der Waals surface area contributed by atoms with Gasteiger partial charge in [0.1, 0.15) is 11.3 Å². The Labute approximate surface area is 183 Å². The predicted octanol–water partition coefficient (Wildman–Crippen LogP) is 5.52. The van der Waals surface area contributed by atoms with E-state index in [0.717, 1.165) is 11.1 Å². The molecule has 0 spiro atoms. The van der Waals surface area contributed by atoms with E-state index in [2.05, 4.69) is 0 Å². The smallest absolute Gasteiger partial charge is 0.295 e. The van der Waals surface area contributed by atoms with Crippen LogP contribution in [0.3, 0.4) is 0 Å². The third-order valence-electron chi connectivity index (χ3n) is 5.79. The molecule has 0 radical (unpaired) electrons. The number of halogens is 1. The van der Waals surface area contributed by atoms with E-state index in [1.54, 1.807) is 47.4 Å². The maximum atomic E-state index is 13.5. The molecule has 6 heteroatoms. The number of nitrogens with zero attached hydrogens (tertiary/aromatic N) is 1. The first kappa shape index (κ1) is 19.4. The Balaban J connectivity index is 1.83. The molecule has 5 rings (SSSR count). The van der Waals surface area contributed by atoms with Crippen molar-refractivity contribution < 1.29 is 14.3 Å². The standard InChI is InChI=1S/C25H18ClNO4/c1-13-6-8-17(10-14(13)2)27-22(15-4-3-5-18(28)11-15)21-23(29)19-12-16(26)7-9-20(19)31-24(21)25(27)30/h3-12,22,28H,1-2H3. The molecule has 1 aromatic heterocycles. The van der Waals surface area contributed by atoms with Gasteiger partial charge in [-0.25, -0.2) is 0 Å². The monoisotopic (exact) mass is 431 g/mol. The fourth-order valence-electron chi connectivity index (χ4n) is 4.10. The molecule has 2 heterocycles. The number of carbonyl (C=O) groups excluding carboxylic acids is 1. The molecule has 5 nitrogen and oxygen atoms in total. The molecule has 3 aromatic carbocycles. The van der Waals surface area contributed by atoms with Gasteiger partial charge in [0, 0.05) is 10.7 Å². The Morgan fingerprint density at radius 1 is 0.968 bits per heavy atom. The summed E-state index contributed by atoms with van der Waals surface area (Å²) < 4.78 is 5.93. The number of hydrogen-bond acceptors (Lipinski definition) is 4. The molecule has 0 bridgehead atoms. The normalized spacial score (nSPS) is 15.5. The highest BCUT2D eigenvalue weighted by Crippen LogP contribution is 2.42. The van der Waals surface area contributed by atoms with Crippen LogP contribution in [0, 0.1) is 13.8 Å². The largest absolute Gasteiger partial charge is 0.508 e. The molecule has 1 aliphatic rings. The number of amides is 1. The summed E-state index contributed by atoms with van der Waals surface area (Å²) in [5.74, 6) is -0.349. The van der Waals surface area contributed by atoms with E-state index in [4.69, 9.17) is 16.0 Å². The van der Waals surface area contributed by atoms with Gasteiger partial charge in [0.05, 0.1) is 17.0 Å². The minimum absolute atomic E-state index is 0.00592. The Morgan fingerprint density at radius 2 is 1.77 bits per heavy atom. The molecule has 1 aliphatic heterocycles. The van der Waals surface area contributed by atoms with Crippen LogP contribution in [0.25, 0.3) is 11.0 Å². The van der Waals surface area contributed by atoms with E-state index in [0.29, 0.717) is 27.2 Å². The van der Waals surface area contributed by atoms with Crippen LogP contribution in [-0.4, -0.2) is 11.0 Å². The van der Waals surface area contributed by atoms with E-state index < -0.39 is 11.9 Å². The zero-order chi connectivity index (χ0) is 21.9. The highest BCUT2D eigenvalue weighted by atomic mass is 35.5. The molecule has 0 saturated heterocycles. The summed E-state index contributed by atoms with van der Waals surface area (Å²) in [6.45, 7) is 3.96. The van der Waals surface area contributed by atoms with Gasteiger partial charge in [-0.1, -0.05) is 29.8 Å². The van der Waals surface area contributed by atoms with Gasteiger partial charge >= 0.3 is 0 Å². The summed E-state index contributed by atoms with van der Waals surface area (Å²) >= 11 is 6.11. The summed E-state index contributed by atoms with van der Waals surface area (Å²) in [5.41, 5.74) is 3.60. The number of aromatic hydroxyl groups is 1. The van der Waals surface area contributed by atoms with Crippen LogP contribution in [0.2, 0.25) is 5.02 Å². The first-order valence-electron chi connectivity index (χ1n) is 9.81. The van der Waals surface area contributed by atoms with Gasteiger partial charge in [0.2, 0.25) is 5.76 Å². The van der Waals surface area contributed by atoms with E-state index in [-0.39, 0.29) is 22.5 Å². The Kier molecular flexibility index (Phi) is 4.38. The fourth-order valence-corrected chi connectivity index (χ4v) is 4.27. The first-order valence-corrected chi connectivity index (χ1v) is 10.2. The van der Waals surface area contributed by atoms with Crippen molar-refractivity contribution in [3.05, 3.63) is 104 Å². The third-order valence-corrected chi connectivity index (χ3v) is 6.02. The topological polar surface area (TPSA) is 70.8 Å². The number of aryl methyl sites for hydroxylation is 2. The van der Waals surface area contributed by atoms with Crippen LogP contribution in [-0.2, 0) is 0 Å². The molecule has 1 atom stereocenters. The molecular formula is C25H18ClNO4. The van der Waals surface area contributed by atoms with Crippen molar-refractivity contribution >= 4 is 34.2 Å². The zero-order valence-electron chi connectivity index (χ0n) is 16.8. The lowest BCUT2D eigenvalue weighted by Gasteiger charge is -2.26. The number of benzene rings is 3. The second-order valence-corrected chi connectivity index (χ2v) is 8.19. The van der Waals surface area contributed by atoms with Crippen LogP contribution in [0.4, 0.5) is 5.69 Å². The molecule has 1 amide bonds. The highest BCUT2D eigenvalue weighted by molar-refractivity contribution is 6.31. The lowest BCUT2D eigenvalue weighted by molar-refractivity contribution is 0.0971. The number of carbonyl (C=O) groups is 1. The summed E-state index contributed by atoms with van der Waals surface area (Å²) in [6, 6.07) is 16.3. The van der Waals surface area contributed by atoms with Gasteiger partial charge in [0.15, 0.2) is 5.43 Å². The Hall–Kier alpha value is -3.57. The molecule has 154 valence electrons. The van der Waals surface area contributed by atoms with Gasteiger partial charge in [0.25, 0.3) is 5.91 Å². The SMILES string of the molecule is Cc1ccc(N2C(=O)c3oc4ccc(Cl)cc4c(=O)c3C2c2cccc(O)c2)cc1C. The highest BCUT2D eigenvalue weighted by Gasteiger charge is 2.43. The second-order valence-electron chi connectivity index (χ2n) is 7.76. The zero-order valence-corrected chi connectivity index (χ0v) is 17.6.